The molecule has 216 valence electrons. The van der Waals surface area contributed by atoms with E-state index in [1.807, 2.05) is 18.2 Å². The van der Waals surface area contributed by atoms with Gasteiger partial charge in [0.2, 0.25) is 5.91 Å². The summed E-state index contributed by atoms with van der Waals surface area (Å²) in [5.41, 5.74) is 4.84. The molecule has 2 saturated carbocycles. The van der Waals surface area contributed by atoms with Crippen LogP contribution in [0.15, 0.2) is 18.2 Å². The summed E-state index contributed by atoms with van der Waals surface area (Å²) in [7, 11) is 4.86. The third-order valence-corrected chi connectivity index (χ3v) is 9.71. The summed E-state index contributed by atoms with van der Waals surface area (Å²) in [5, 5.41) is 27.6. The van der Waals surface area contributed by atoms with Crippen LogP contribution in [0.4, 0.5) is 5.69 Å². The Bertz CT molecular complexity index is 1550. The molecule has 1 saturated heterocycles. The van der Waals surface area contributed by atoms with Gasteiger partial charge in [-0.15, -0.1) is 0 Å². The average molecular weight is 563 g/mol. The standard InChI is InChI=1S/C30H34N4O7/c1-32-22-15-6-5-13(12-34-7-4-8-34)9-16(15)24(35)20-17(22)10-14-11-18-23(33(2)3)26(37)21(29(31)40)28(39)30(18,41)27(38)19(14)25(20)36/h5-6,9,14,18-19,21,23,32,35,41H,4,7-8,10-12H2,1-3H3,(H2,31,40)/t14-,18-,19?,21?,23-,30-/m0/s1. The van der Waals surface area contributed by atoms with E-state index in [2.05, 4.69) is 10.2 Å². The molecular weight excluding hydrogens is 528 g/mol. The molecule has 6 rings (SSSR count). The van der Waals surface area contributed by atoms with Gasteiger partial charge in [-0.2, -0.15) is 0 Å². The number of fused-ring (bicyclic) bond motifs is 4. The molecule has 0 spiro atoms. The van der Waals surface area contributed by atoms with Gasteiger partial charge in [0.25, 0.3) is 0 Å². The number of aromatic hydroxyl groups is 1. The van der Waals surface area contributed by atoms with Crippen LogP contribution in [0.3, 0.4) is 0 Å². The van der Waals surface area contributed by atoms with E-state index in [0.717, 1.165) is 30.5 Å². The lowest BCUT2D eigenvalue weighted by molar-refractivity contribution is -0.181. The molecule has 0 aromatic heterocycles. The van der Waals surface area contributed by atoms with Crippen LogP contribution in [0, 0.1) is 23.7 Å². The maximum absolute atomic E-state index is 14.1. The van der Waals surface area contributed by atoms with Gasteiger partial charge in [0.1, 0.15) is 5.75 Å². The van der Waals surface area contributed by atoms with Crippen LogP contribution in [0.5, 0.6) is 5.75 Å². The predicted octanol–water partition coefficient (Wildman–Crippen LogP) is 0.268. The topological polar surface area (TPSA) is 170 Å². The van der Waals surface area contributed by atoms with E-state index in [1.165, 1.54) is 4.90 Å². The zero-order valence-electron chi connectivity index (χ0n) is 23.3. The molecule has 1 amide bonds. The Morgan fingerprint density at radius 1 is 1.15 bits per heavy atom. The van der Waals surface area contributed by atoms with Gasteiger partial charge in [0.05, 0.1) is 17.5 Å². The third-order valence-electron chi connectivity index (χ3n) is 9.71. The number of phenolic OH excluding ortho intramolecular Hbond substituents is 1. The SMILES string of the molecule is CNc1c2c(c(O)c3cc(CN4CCC4)ccc13)C(=O)C1C(=O)[C@]3(O)C(=O)C(C(N)=O)C(=O)[C@@H](N(C)C)[C@@H]3C[C@@H]1C2. The van der Waals surface area contributed by atoms with Crippen molar-refractivity contribution in [1.82, 2.24) is 9.80 Å². The summed E-state index contributed by atoms with van der Waals surface area (Å²) in [6.07, 6.45) is 1.36. The first-order valence-corrected chi connectivity index (χ1v) is 14.0. The molecule has 3 aliphatic carbocycles. The van der Waals surface area contributed by atoms with Crippen molar-refractivity contribution in [1.29, 1.82) is 0 Å². The molecule has 2 aromatic rings. The second-order valence-corrected chi connectivity index (χ2v) is 12.1. The summed E-state index contributed by atoms with van der Waals surface area (Å²) >= 11 is 0. The maximum Gasteiger partial charge on any atom is 0.235 e. The van der Waals surface area contributed by atoms with Gasteiger partial charge in [-0.1, -0.05) is 12.1 Å². The van der Waals surface area contributed by atoms with Crippen molar-refractivity contribution in [2.24, 2.45) is 29.4 Å². The van der Waals surface area contributed by atoms with Crippen molar-refractivity contribution in [3.05, 3.63) is 34.9 Å². The first kappa shape index (κ1) is 27.5. The molecule has 0 radical (unpaired) electrons. The van der Waals surface area contributed by atoms with E-state index in [0.29, 0.717) is 23.2 Å². The number of aliphatic hydroxyl groups is 1. The number of amides is 1. The van der Waals surface area contributed by atoms with E-state index in [9.17, 15) is 34.2 Å². The summed E-state index contributed by atoms with van der Waals surface area (Å²) in [4.78, 5) is 70.8. The molecule has 2 unspecified atom stereocenters. The number of rotatable bonds is 5. The van der Waals surface area contributed by atoms with Gasteiger partial charge >= 0.3 is 0 Å². The van der Waals surface area contributed by atoms with Gasteiger partial charge < -0.3 is 21.3 Å². The van der Waals surface area contributed by atoms with Gasteiger partial charge in [0.15, 0.2) is 34.7 Å². The Labute approximate surface area is 236 Å². The summed E-state index contributed by atoms with van der Waals surface area (Å²) in [6, 6.07) is 4.64. The number of anilines is 1. The number of Topliss-reactive ketones (excluding diaryl/α,β-unsaturated/α-hetero) is 4. The fourth-order valence-corrected chi connectivity index (χ4v) is 7.70. The molecule has 2 aromatic carbocycles. The molecule has 11 nitrogen and oxygen atoms in total. The summed E-state index contributed by atoms with van der Waals surface area (Å²) in [5.74, 6) is -10.4. The number of nitrogens with zero attached hydrogens (tertiary/aromatic N) is 2. The van der Waals surface area contributed by atoms with Crippen LogP contribution in [0.25, 0.3) is 10.8 Å². The molecule has 6 atom stereocenters. The van der Waals surface area contributed by atoms with Crippen molar-refractivity contribution < 1.29 is 34.2 Å². The van der Waals surface area contributed by atoms with E-state index < -0.39 is 64.4 Å². The molecule has 41 heavy (non-hydrogen) atoms. The Balaban J connectivity index is 1.48. The minimum absolute atomic E-state index is 0.00505. The van der Waals surface area contributed by atoms with Gasteiger partial charge in [-0.05, 0) is 69.6 Å². The fraction of sp³-hybridized carbons (Fsp3) is 0.500. The highest BCUT2D eigenvalue weighted by atomic mass is 16.3. The number of phenols is 1. The monoisotopic (exact) mass is 562 g/mol. The number of carbonyl (C=O) groups is 5. The molecule has 11 heteroatoms. The molecule has 5 N–H and O–H groups in total. The van der Waals surface area contributed by atoms with Crippen molar-refractivity contribution in [2.75, 3.05) is 39.5 Å². The second kappa shape index (κ2) is 9.43. The van der Waals surface area contributed by atoms with Crippen LogP contribution in [-0.4, -0.2) is 94.9 Å². The minimum atomic E-state index is -2.74. The summed E-state index contributed by atoms with van der Waals surface area (Å²) in [6.45, 7) is 2.71. The number of hydrogen-bond acceptors (Lipinski definition) is 10. The minimum Gasteiger partial charge on any atom is -0.507 e. The van der Waals surface area contributed by atoms with Gasteiger partial charge in [-0.3, -0.25) is 33.8 Å². The Hall–Kier alpha value is -3.67. The highest BCUT2D eigenvalue weighted by molar-refractivity contribution is 6.32. The smallest absolute Gasteiger partial charge is 0.235 e. The number of ketones is 4. The molecule has 1 heterocycles. The largest absolute Gasteiger partial charge is 0.507 e. The molecular formula is C30H34N4O7. The maximum atomic E-state index is 14.1. The van der Waals surface area contributed by atoms with Crippen molar-refractivity contribution >= 4 is 45.5 Å². The number of primary amides is 1. The Kier molecular flexibility index (Phi) is 6.33. The zero-order chi connectivity index (χ0) is 29.5. The summed E-state index contributed by atoms with van der Waals surface area (Å²) < 4.78 is 0. The number of benzene rings is 2. The van der Waals surface area contributed by atoms with Crippen LogP contribution in [0.2, 0.25) is 0 Å². The molecule has 0 bridgehead atoms. The predicted molar refractivity (Wildman–Crippen MR) is 148 cm³/mol. The fourth-order valence-electron chi connectivity index (χ4n) is 7.70. The number of likely N-dealkylation sites (tertiary alicyclic amines) is 1. The van der Waals surface area contributed by atoms with Crippen LogP contribution in [0.1, 0.15) is 34.3 Å². The van der Waals surface area contributed by atoms with Gasteiger partial charge in [-0.25, -0.2) is 0 Å². The molecule has 4 aliphatic rings. The zero-order valence-corrected chi connectivity index (χ0v) is 23.3. The van der Waals surface area contributed by atoms with Crippen molar-refractivity contribution in [3.63, 3.8) is 0 Å². The lowest BCUT2D eigenvalue weighted by Crippen LogP contribution is -2.74. The number of carbonyl (C=O) groups excluding carboxylic acids is 5. The first-order chi connectivity index (χ1) is 19.4. The van der Waals surface area contributed by atoms with E-state index >= 15 is 0 Å². The van der Waals surface area contributed by atoms with E-state index in [-0.39, 0.29) is 24.2 Å². The van der Waals surface area contributed by atoms with Crippen LogP contribution in [-0.2, 0) is 32.1 Å². The number of nitrogens with one attached hydrogen (secondary N) is 1. The quantitative estimate of drug-likeness (QED) is 0.293. The molecule has 1 aliphatic heterocycles. The lowest BCUT2D eigenvalue weighted by atomic mass is 9.52. The van der Waals surface area contributed by atoms with E-state index in [4.69, 9.17) is 5.73 Å². The van der Waals surface area contributed by atoms with Crippen LogP contribution < -0.4 is 11.1 Å². The normalized spacial score (nSPS) is 31.5. The van der Waals surface area contributed by atoms with Crippen LogP contribution >= 0.6 is 0 Å². The average Bonchev–Trinajstić information content (AvgIpc) is 2.88. The number of likely N-dealkylation sites (N-methyl/N-ethyl adjacent to an activating group) is 1. The highest BCUT2D eigenvalue weighted by Gasteiger charge is 2.69. The first-order valence-electron chi connectivity index (χ1n) is 14.0. The van der Waals surface area contributed by atoms with Crippen molar-refractivity contribution in [2.45, 2.75) is 37.5 Å². The number of hydrogen-bond donors (Lipinski definition) is 4. The number of nitrogens with two attached hydrogens (primary N) is 1. The van der Waals surface area contributed by atoms with E-state index in [1.54, 1.807) is 21.1 Å². The highest BCUT2D eigenvalue weighted by Crippen LogP contribution is 2.53. The van der Waals surface area contributed by atoms with Crippen molar-refractivity contribution in [3.8, 4) is 5.75 Å². The lowest BCUT2D eigenvalue weighted by Gasteiger charge is -2.52. The molecule has 3 fully saturated rings. The Morgan fingerprint density at radius 3 is 2.44 bits per heavy atom. The van der Waals surface area contributed by atoms with Gasteiger partial charge in [0, 0.05) is 36.0 Å². The second-order valence-electron chi connectivity index (χ2n) is 12.1. The Morgan fingerprint density at radius 2 is 1.85 bits per heavy atom. The third kappa shape index (κ3) is 3.72.